The van der Waals surface area contributed by atoms with Crippen molar-refractivity contribution in [3.63, 3.8) is 0 Å². The molecule has 0 aromatic heterocycles. The minimum Gasteiger partial charge on any atom is -0.496 e. The molecule has 0 aliphatic heterocycles. The van der Waals surface area contributed by atoms with Gasteiger partial charge in [-0.15, -0.1) is 0 Å². The van der Waals surface area contributed by atoms with Gasteiger partial charge in [-0.3, -0.25) is 0 Å². The first-order valence-electron chi connectivity index (χ1n) is 4.38. The van der Waals surface area contributed by atoms with Crippen molar-refractivity contribution in [1.82, 2.24) is 5.32 Å². The van der Waals surface area contributed by atoms with E-state index in [9.17, 15) is 0 Å². The average Bonchev–Trinajstić information content (AvgIpc) is 2.18. The fourth-order valence-electron chi connectivity index (χ4n) is 1.22. The summed E-state index contributed by atoms with van der Waals surface area (Å²) < 4.78 is 6.13. The molecule has 1 rings (SSSR count). The predicted octanol–water partition coefficient (Wildman–Crippen LogP) is 2.07. The van der Waals surface area contributed by atoms with Crippen LogP contribution < -0.4 is 15.0 Å². The number of benzene rings is 1. The van der Waals surface area contributed by atoms with Crippen LogP contribution >= 0.6 is 15.9 Å². The number of hydrogen-bond donors (Lipinski definition) is 1. The van der Waals surface area contributed by atoms with Crippen LogP contribution in [0.25, 0.3) is 0 Å². The molecule has 0 saturated carbocycles. The predicted molar refractivity (Wildman–Crippen MR) is 63.0 cm³/mol. The van der Waals surface area contributed by atoms with Crippen molar-refractivity contribution in [2.75, 3.05) is 32.8 Å². The summed E-state index contributed by atoms with van der Waals surface area (Å²) in [5.74, 6) is 0.853. The van der Waals surface area contributed by atoms with Crippen molar-refractivity contribution in [2.45, 2.75) is 0 Å². The van der Waals surface area contributed by atoms with E-state index in [-0.39, 0.29) is 0 Å². The topological polar surface area (TPSA) is 24.5 Å². The first-order chi connectivity index (χ1) is 6.69. The summed E-state index contributed by atoms with van der Waals surface area (Å²) >= 11 is 3.45. The molecule has 14 heavy (non-hydrogen) atoms. The lowest BCUT2D eigenvalue weighted by Gasteiger charge is -2.19. The van der Waals surface area contributed by atoms with Gasteiger partial charge in [0, 0.05) is 12.7 Å². The van der Waals surface area contributed by atoms with Crippen molar-refractivity contribution in [1.29, 1.82) is 0 Å². The largest absolute Gasteiger partial charge is 0.496 e. The van der Waals surface area contributed by atoms with E-state index < -0.39 is 0 Å². The number of halogens is 1. The van der Waals surface area contributed by atoms with Crippen LogP contribution in [0.15, 0.2) is 22.7 Å². The molecule has 1 N–H and O–H groups in total. The van der Waals surface area contributed by atoms with Crippen LogP contribution in [-0.4, -0.2) is 27.9 Å². The van der Waals surface area contributed by atoms with Crippen molar-refractivity contribution < 1.29 is 4.74 Å². The van der Waals surface area contributed by atoms with Gasteiger partial charge in [-0.05, 0) is 41.2 Å². The van der Waals surface area contributed by atoms with E-state index in [2.05, 4.69) is 26.1 Å². The van der Waals surface area contributed by atoms with E-state index in [0.29, 0.717) is 0 Å². The van der Waals surface area contributed by atoms with Crippen LogP contribution in [-0.2, 0) is 0 Å². The molecular formula is C10H15BrN2O. The highest BCUT2D eigenvalue weighted by Gasteiger charge is 2.03. The van der Waals surface area contributed by atoms with E-state index in [0.717, 1.165) is 22.6 Å². The van der Waals surface area contributed by atoms with Gasteiger partial charge in [0.05, 0.1) is 18.3 Å². The molecule has 0 bridgehead atoms. The standard InChI is InChI=1S/C10H15BrN2O/c1-12-7-13(2)8-4-5-10(14-3)9(11)6-8/h4-6,12H,7H2,1-3H3. The summed E-state index contributed by atoms with van der Waals surface area (Å²) in [6, 6.07) is 6.02. The average molecular weight is 259 g/mol. The van der Waals surface area contributed by atoms with Gasteiger partial charge in [0.1, 0.15) is 5.75 Å². The van der Waals surface area contributed by atoms with Gasteiger partial charge in [0.15, 0.2) is 0 Å². The van der Waals surface area contributed by atoms with E-state index >= 15 is 0 Å². The van der Waals surface area contributed by atoms with E-state index in [4.69, 9.17) is 4.74 Å². The van der Waals surface area contributed by atoms with Crippen molar-refractivity contribution in [3.05, 3.63) is 22.7 Å². The third-order valence-corrected chi connectivity index (χ3v) is 2.59. The molecule has 4 heteroatoms. The zero-order chi connectivity index (χ0) is 10.6. The third kappa shape index (κ3) is 2.62. The van der Waals surface area contributed by atoms with Crippen molar-refractivity contribution in [2.24, 2.45) is 0 Å². The minimum absolute atomic E-state index is 0.818. The Morgan fingerprint density at radius 3 is 2.71 bits per heavy atom. The Morgan fingerprint density at radius 2 is 2.21 bits per heavy atom. The smallest absolute Gasteiger partial charge is 0.133 e. The molecule has 0 aliphatic carbocycles. The SMILES string of the molecule is CNCN(C)c1ccc(OC)c(Br)c1. The van der Waals surface area contributed by atoms with Crippen LogP contribution in [0.3, 0.4) is 0 Å². The van der Waals surface area contributed by atoms with Crippen molar-refractivity contribution >= 4 is 21.6 Å². The van der Waals surface area contributed by atoms with Gasteiger partial charge in [0.2, 0.25) is 0 Å². The quantitative estimate of drug-likeness (QED) is 0.838. The molecule has 0 fully saturated rings. The number of ether oxygens (including phenoxy) is 1. The molecule has 0 aliphatic rings. The Labute approximate surface area is 93.2 Å². The highest BCUT2D eigenvalue weighted by Crippen LogP contribution is 2.28. The van der Waals surface area contributed by atoms with Crippen LogP contribution in [0.1, 0.15) is 0 Å². The lowest BCUT2D eigenvalue weighted by atomic mass is 10.3. The zero-order valence-electron chi connectivity index (χ0n) is 8.67. The summed E-state index contributed by atoms with van der Waals surface area (Å²) in [5, 5.41) is 3.09. The van der Waals surface area contributed by atoms with Crippen molar-refractivity contribution in [3.8, 4) is 5.75 Å². The Morgan fingerprint density at radius 1 is 1.50 bits per heavy atom. The van der Waals surface area contributed by atoms with Gasteiger partial charge < -0.3 is 15.0 Å². The lowest BCUT2D eigenvalue weighted by molar-refractivity contribution is 0.412. The normalized spacial score (nSPS) is 10.0. The number of rotatable bonds is 4. The molecule has 0 radical (unpaired) electrons. The molecule has 1 aromatic rings. The van der Waals surface area contributed by atoms with E-state index in [1.165, 1.54) is 0 Å². The molecule has 1 aromatic carbocycles. The molecule has 0 heterocycles. The van der Waals surface area contributed by atoms with Crippen LogP contribution in [0.5, 0.6) is 5.75 Å². The van der Waals surface area contributed by atoms with Crippen LogP contribution in [0, 0.1) is 0 Å². The summed E-state index contributed by atoms with van der Waals surface area (Å²) in [6.07, 6.45) is 0. The Bertz CT molecular complexity index is 304. The number of nitrogens with one attached hydrogen (secondary N) is 1. The highest BCUT2D eigenvalue weighted by molar-refractivity contribution is 9.10. The zero-order valence-corrected chi connectivity index (χ0v) is 10.3. The van der Waals surface area contributed by atoms with E-state index in [1.54, 1.807) is 7.11 Å². The van der Waals surface area contributed by atoms with E-state index in [1.807, 2.05) is 32.3 Å². The molecule has 0 spiro atoms. The first-order valence-corrected chi connectivity index (χ1v) is 5.17. The number of nitrogens with zero attached hydrogens (tertiary/aromatic N) is 1. The molecule has 0 unspecified atom stereocenters. The molecule has 3 nitrogen and oxygen atoms in total. The van der Waals surface area contributed by atoms with Gasteiger partial charge in [-0.25, -0.2) is 0 Å². The maximum atomic E-state index is 5.16. The highest BCUT2D eigenvalue weighted by atomic mass is 79.9. The molecule has 0 saturated heterocycles. The molecule has 78 valence electrons. The lowest BCUT2D eigenvalue weighted by Crippen LogP contribution is -2.28. The Kier molecular flexibility index (Phi) is 4.22. The number of anilines is 1. The second-order valence-corrected chi connectivity index (χ2v) is 3.88. The monoisotopic (exact) mass is 258 g/mol. The fourth-order valence-corrected chi connectivity index (χ4v) is 1.75. The minimum atomic E-state index is 0.818. The summed E-state index contributed by atoms with van der Waals surface area (Å²) in [5.41, 5.74) is 1.15. The van der Waals surface area contributed by atoms with Crippen LogP contribution in [0.4, 0.5) is 5.69 Å². The molecular weight excluding hydrogens is 244 g/mol. The second kappa shape index (κ2) is 5.22. The van der Waals surface area contributed by atoms with Crippen LogP contribution in [0.2, 0.25) is 0 Å². The van der Waals surface area contributed by atoms with Gasteiger partial charge in [0.25, 0.3) is 0 Å². The number of hydrogen-bond acceptors (Lipinski definition) is 3. The third-order valence-electron chi connectivity index (χ3n) is 1.97. The fraction of sp³-hybridized carbons (Fsp3) is 0.400. The Balaban J connectivity index is 2.85. The van der Waals surface area contributed by atoms with Gasteiger partial charge in [-0.1, -0.05) is 0 Å². The summed E-state index contributed by atoms with van der Waals surface area (Å²) in [6.45, 7) is 0.818. The Hall–Kier alpha value is -0.740. The summed E-state index contributed by atoms with van der Waals surface area (Å²) in [7, 11) is 5.62. The van der Waals surface area contributed by atoms with Gasteiger partial charge in [-0.2, -0.15) is 0 Å². The van der Waals surface area contributed by atoms with Gasteiger partial charge >= 0.3 is 0 Å². The maximum Gasteiger partial charge on any atom is 0.133 e. The summed E-state index contributed by atoms with van der Waals surface area (Å²) in [4.78, 5) is 2.12. The second-order valence-electron chi connectivity index (χ2n) is 3.03. The maximum absolute atomic E-state index is 5.16. The number of methoxy groups -OCH3 is 1. The molecule has 0 amide bonds. The first kappa shape index (κ1) is 11.3. The molecule has 0 atom stereocenters.